The van der Waals surface area contributed by atoms with Gasteiger partial charge in [0.25, 0.3) is 0 Å². The van der Waals surface area contributed by atoms with Crippen LogP contribution in [0.3, 0.4) is 0 Å². The van der Waals surface area contributed by atoms with Gasteiger partial charge in [-0.15, -0.1) is 0 Å². The maximum Gasteiger partial charge on any atom is 0.472 e. The minimum Gasteiger partial charge on any atom is -0.462 e. The molecule has 0 saturated carbocycles. The lowest BCUT2D eigenvalue weighted by molar-refractivity contribution is -0.870. The van der Waals surface area contributed by atoms with E-state index in [9.17, 15) is 23.8 Å². The van der Waals surface area contributed by atoms with Crippen LogP contribution in [0, 0.1) is 0 Å². The highest BCUT2D eigenvalue weighted by Crippen LogP contribution is 2.43. The van der Waals surface area contributed by atoms with Gasteiger partial charge in [-0.25, -0.2) is 4.57 Å². The molecule has 0 rings (SSSR count). The zero-order chi connectivity index (χ0) is 30.3. The summed E-state index contributed by atoms with van der Waals surface area (Å²) in [6.45, 7) is 3.27. The first-order valence-corrected chi connectivity index (χ1v) is 16.6. The van der Waals surface area contributed by atoms with Crippen molar-refractivity contribution in [2.24, 2.45) is 0 Å². The highest BCUT2D eigenvalue weighted by Gasteiger charge is 2.27. The molecular weight excluding hydrogens is 537 g/mol. The van der Waals surface area contributed by atoms with Gasteiger partial charge in [0.15, 0.2) is 6.10 Å². The highest BCUT2D eigenvalue weighted by atomic mass is 31.2. The van der Waals surface area contributed by atoms with Crippen molar-refractivity contribution in [1.29, 1.82) is 0 Å². The van der Waals surface area contributed by atoms with E-state index in [0.717, 1.165) is 12.8 Å². The number of phosphoric ester groups is 1. The molecular formula is C29H57NO9P+. The van der Waals surface area contributed by atoms with Crippen LogP contribution in [-0.4, -0.2) is 80.7 Å². The average Bonchev–Trinajstić information content (AvgIpc) is 2.86. The van der Waals surface area contributed by atoms with Gasteiger partial charge >= 0.3 is 19.8 Å². The minimum absolute atomic E-state index is 0.00550. The molecule has 0 aliphatic heterocycles. The van der Waals surface area contributed by atoms with Crippen LogP contribution < -0.4 is 0 Å². The van der Waals surface area contributed by atoms with Crippen LogP contribution in [-0.2, 0) is 37.5 Å². The molecule has 1 N–H and O–H groups in total. The summed E-state index contributed by atoms with van der Waals surface area (Å²) >= 11 is 0. The van der Waals surface area contributed by atoms with Crippen LogP contribution >= 0.6 is 7.82 Å². The third kappa shape index (κ3) is 26.9. The third-order valence-electron chi connectivity index (χ3n) is 6.33. The van der Waals surface area contributed by atoms with E-state index in [2.05, 4.69) is 6.92 Å². The summed E-state index contributed by atoms with van der Waals surface area (Å²) in [6.07, 6.45) is 14.7. The van der Waals surface area contributed by atoms with Crippen LogP contribution in [0.4, 0.5) is 0 Å². The summed E-state index contributed by atoms with van der Waals surface area (Å²) in [5, 5.41) is 0. The number of ketones is 1. The van der Waals surface area contributed by atoms with Gasteiger partial charge in [-0.05, 0) is 13.3 Å². The molecule has 10 nitrogen and oxygen atoms in total. The first-order chi connectivity index (χ1) is 18.8. The van der Waals surface area contributed by atoms with Crippen molar-refractivity contribution in [3.05, 3.63) is 0 Å². The third-order valence-corrected chi connectivity index (χ3v) is 7.32. The Morgan fingerprint density at radius 2 is 1.25 bits per heavy atom. The van der Waals surface area contributed by atoms with Crippen molar-refractivity contribution in [3.63, 3.8) is 0 Å². The Morgan fingerprint density at radius 3 is 1.75 bits per heavy atom. The SMILES string of the molecule is CCCCCCCCCCCCCCCC(=O)OC[C@H](COP(=O)(O)OCC[N+](C)(C)C)OC(=O)CCC(C)=O. The van der Waals surface area contributed by atoms with Crippen LogP contribution in [0.1, 0.15) is 117 Å². The van der Waals surface area contributed by atoms with Crippen molar-refractivity contribution >= 4 is 25.5 Å². The second-order valence-electron chi connectivity index (χ2n) is 11.6. The second-order valence-corrected chi connectivity index (χ2v) is 13.1. The van der Waals surface area contributed by atoms with E-state index in [0.29, 0.717) is 17.4 Å². The van der Waals surface area contributed by atoms with E-state index in [1.807, 2.05) is 21.1 Å². The molecule has 0 aromatic carbocycles. The number of hydrogen-bond donors (Lipinski definition) is 1. The Morgan fingerprint density at radius 1 is 0.725 bits per heavy atom. The number of rotatable bonds is 27. The Kier molecular flexibility index (Phi) is 22.5. The van der Waals surface area contributed by atoms with E-state index in [-0.39, 0.29) is 38.3 Å². The van der Waals surface area contributed by atoms with Gasteiger partial charge in [-0.1, -0.05) is 84.0 Å². The van der Waals surface area contributed by atoms with Gasteiger partial charge < -0.3 is 23.6 Å². The lowest BCUT2D eigenvalue weighted by atomic mass is 10.0. The molecule has 0 heterocycles. The molecule has 11 heteroatoms. The first kappa shape index (κ1) is 38.7. The topological polar surface area (TPSA) is 125 Å². The standard InChI is InChI=1S/C29H56NO9P/c1-6-7-8-9-10-11-12-13-14-15-16-17-18-19-28(32)36-24-27(39-29(33)21-20-26(2)31)25-38-40(34,35)37-23-22-30(3,4)5/h27H,6-25H2,1-5H3/p+1/t27-/m1/s1. The lowest BCUT2D eigenvalue weighted by Crippen LogP contribution is -2.37. The molecule has 0 amide bonds. The van der Waals surface area contributed by atoms with E-state index in [1.165, 1.54) is 71.1 Å². The number of carbonyl (C=O) groups excluding carboxylic acids is 3. The fraction of sp³-hybridized carbons (Fsp3) is 0.897. The molecule has 0 saturated heterocycles. The number of carbonyl (C=O) groups is 3. The summed E-state index contributed by atoms with van der Waals surface area (Å²) in [4.78, 5) is 45.4. The monoisotopic (exact) mass is 594 g/mol. The van der Waals surface area contributed by atoms with E-state index in [4.69, 9.17) is 18.5 Å². The fourth-order valence-electron chi connectivity index (χ4n) is 3.83. The number of hydrogen-bond acceptors (Lipinski definition) is 8. The summed E-state index contributed by atoms with van der Waals surface area (Å²) in [5.41, 5.74) is 0. The van der Waals surface area contributed by atoms with Crippen LogP contribution in [0.15, 0.2) is 0 Å². The maximum absolute atomic E-state index is 12.2. The largest absolute Gasteiger partial charge is 0.472 e. The molecule has 0 radical (unpaired) electrons. The van der Waals surface area contributed by atoms with Gasteiger partial charge in [-0.3, -0.25) is 18.6 Å². The Labute approximate surface area is 242 Å². The number of ether oxygens (including phenoxy) is 2. The maximum atomic E-state index is 12.2. The van der Waals surface area contributed by atoms with Crippen molar-refractivity contribution in [3.8, 4) is 0 Å². The molecule has 40 heavy (non-hydrogen) atoms. The number of unbranched alkanes of at least 4 members (excludes halogenated alkanes) is 12. The van der Waals surface area contributed by atoms with Crippen molar-refractivity contribution in [2.45, 2.75) is 123 Å². The highest BCUT2D eigenvalue weighted by molar-refractivity contribution is 7.47. The quantitative estimate of drug-likeness (QED) is 0.0517. The second kappa shape index (κ2) is 23.3. The number of Topliss-reactive ketones (excluding diaryl/α,β-unsaturated/α-hetero) is 1. The molecule has 0 spiro atoms. The van der Waals surface area contributed by atoms with E-state index in [1.54, 1.807) is 0 Å². The van der Waals surface area contributed by atoms with Crippen LogP contribution in [0.25, 0.3) is 0 Å². The fourth-order valence-corrected chi connectivity index (χ4v) is 4.57. The lowest BCUT2D eigenvalue weighted by Gasteiger charge is -2.24. The Bertz CT molecular complexity index is 740. The smallest absolute Gasteiger partial charge is 0.462 e. The van der Waals surface area contributed by atoms with Gasteiger partial charge in [0.05, 0.1) is 34.2 Å². The zero-order valence-corrected chi connectivity index (χ0v) is 26.7. The Hall–Kier alpha value is -1.32. The summed E-state index contributed by atoms with van der Waals surface area (Å²) in [5.74, 6) is -1.28. The normalized spacial score (nSPS) is 13.9. The number of likely N-dealkylation sites (N-methyl/N-ethyl adjacent to an activating group) is 1. The summed E-state index contributed by atoms with van der Waals surface area (Å²) in [7, 11) is 1.34. The average molecular weight is 595 g/mol. The molecule has 1 unspecified atom stereocenters. The molecule has 0 aromatic heterocycles. The number of phosphoric acid groups is 1. The first-order valence-electron chi connectivity index (χ1n) is 15.1. The number of esters is 2. The molecule has 2 atom stereocenters. The summed E-state index contributed by atoms with van der Waals surface area (Å²) < 4.78 is 33.2. The summed E-state index contributed by atoms with van der Waals surface area (Å²) in [6, 6.07) is 0. The predicted octanol–water partition coefficient (Wildman–Crippen LogP) is 6.13. The van der Waals surface area contributed by atoms with E-state index >= 15 is 0 Å². The predicted molar refractivity (Wildman–Crippen MR) is 156 cm³/mol. The minimum atomic E-state index is -4.39. The number of nitrogens with zero attached hydrogens (tertiary/aromatic N) is 1. The van der Waals surface area contributed by atoms with Crippen molar-refractivity contribution in [2.75, 3.05) is 47.5 Å². The molecule has 236 valence electrons. The molecule has 0 bridgehead atoms. The molecule has 0 fully saturated rings. The zero-order valence-electron chi connectivity index (χ0n) is 25.8. The number of quaternary nitrogens is 1. The van der Waals surface area contributed by atoms with Gasteiger partial charge in [0.2, 0.25) is 0 Å². The Balaban J connectivity index is 4.29. The van der Waals surface area contributed by atoms with Crippen molar-refractivity contribution < 1.29 is 46.8 Å². The van der Waals surface area contributed by atoms with Gasteiger partial charge in [0.1, 0.15) is 25.5 Å². The van der Waals surface area contributed by atoms with Gasteiger partial charge in [-0.2, -0.15) is 0 Å². The van der Waals surface area contributed by atoms with Gasteiger partial charge in [0, 0.05) is 12.8 Å². The molecule has 0 aromatic rings. The molecule has 0 aliphatic rings. The molecule has 0 aliphatic carbocycles. The van der Waals surface area contributed by atoms with Crippen molar-refractivity contribution in [1.82, 2.24) is 0 Å². The van der Waals surface area contributed by atoms with Crippen LogP contribution in [0.2, 0.25) is 0 Å². The van der Waals surface area contributed by atoms with Crippen LogP contribution in [0.5, 0.6) is 0 Å². The van der Waals surface area contributed by atoms with E-state index < -0.39 is 32.5 Å².